The van der Waals surface area contributed by atoms with Gasteiger partial charge in [-0.3, -0.25) is 0 Å². The molecule has 0 radical (unpaired) electrons. The molecule has 1 aromatic carbocycles. The van der Waals surface area contributed by atoms with Gasteiger partial charge in [-0.15, -0.1) is 0 Å². The zero-order chi connectivity index (χ0) is 15.4. The molecule has 1 aromatic heterocycles. The molecule has 21 heavy (non-hydrogen) atoms. The first kappa shape index (κ1) is 16.1. The molecule has 0 bridgehead atoms. The van der Waals surface area contributed by atoms with Crippen molar-refractivity contribution in [1.29, 1.82) is 0 Å². The molecule has 0 saturated carbocycles. The second kappa shape index (κ2) is 7.14. The van der Waals surface area contributed by atoms with Gasteiger partial charge in [0.1, 0.15) is 5.82 Å². The minimum atomic E-state index is 0.135. The average Bonchev–Trinajstić information content (AvgIpc) is 2.45. The fourth-order valence-electron chi connectivity index (χ4n) is 2.51. The van der Waals surface area contributed by atoms with Crippen LogP contribution in [-0.2, 0) is 6.42 Å². The van der Waals surface area contributed by atoms with E-state index in [0.29, 0.717) is 6.04 Å². The lowest BCUT2D eigenvalue weighted by molar-refractivity contribution is 0.714. The predicted molar refractivity (Wildman–Crippen MR) is 95.3 cm³/mol. The summed E-state index contributed by atoms with van der Waals surface area (Å²) in [4.78, 5) is 7.17. The number of aromatic nitrogens is 1. The molecular formula is C17H25N3S. The first-order valence-corrected chi connectivity index (χ1v) is 8.78. The number of nitrogens with two attached hydrogens (primary N) is 1. The minimum Gasteiger partial charge on any atom is -0.356 e. The molecule has 3 nitrogen and oxygen atoms in total. The Morgan fingerprint density at radius 2 is 2.00 bits per heavy atom. The summed E-state index contributed by atoms with van der Waals surface area (Å²) in [5.74, 6) is 2.15. The van der Waals surface area contributed by atoms with E-state index in [1.165, 1.54) is 10.9 Å². The Kier molecular flexibility index (Phi) is 5.48. The second-order valence-corrected chi connectivity index (χ2v) is 6.67. The van der Waals surface area contributed by atoms with E-state index in [9.17, 15) is 0 Å². The largest absolute Gasteiger partial charge is 0.356 e. The van der Waals surface area contributed by atoms with Crippen molar-refractivity contribution in [1.82, 2.24) is 4.98 Å². The highest BCUT2D eigenvalue weighted by atomic mass is 32.2. The van der Waals surface area contributed by atoms with Gasteiger partial charge in [0, 0.05) is 30.3 Å². The number of pyridine rings is 1. The van der Waals surface area contributed by atoms with Gasteiger partial charge in [-0.05, 0) is 44.2 Å². The second-order valence-electron chi connectivity index (χ2n) is 5.76. The Morgan fingerprint density at radius 3 is 2.67 bits per heavy atom. The molecule has 2 aromatic rings. The summed E-state index contributed by atoms with van der Waals surface area (Å²) < 4.78 is 0. The highest BCUT2D eigenvalue weighted by Gasteiger charge is 2.16. The number of nitrogens with zero attached hydrogens (tertiary/aromatic N) is 2. The van der Waals surface area contributed by atoms with Crippen LogP contribution in [0.25, 0.3) is 10.9 Å². The maximum Gasteiger partial charge on any atom is 0.132 e. The normalized spacial score (nSPS) is 14.1. The summed E-state index contributed by atoms with van der Waals surface area (Å²) in [6.45, 7) is 4.29. The number of rotatable bonds is 6. The van der Waals surface area contributed by atoms with Crippen LogP contribution in [0.4, 0.5) is 5.82 Å². The third kappa shape index (κ3) is 3.89. The lowest BCUT2D eigenvalue weighted by atomic mass is 10.0. The SMILES string of the molecule is CSCC(C)N(C)c1nc2ccccc2cc1CC(C)N. The quantitative estimate of drug-likeness (QED) is 0.889. The smallest absolute Gasteiger partial charge is 0.132 e. The van der Waals surface area contributed by atoms with Crippen molar-refractivity contribution in [2.45, 2.75) is 32.4 Å². The Bertz CT molecular complexity index is 598. The van der Waals surface area contributed by atoms with Crippen LogP contribution in [0.2, 0.25) is 0 Å². The molecule has 2 unspecified atom stereocenters. The van der Waals surface area contributed by atoms with Gasteiger partial charge in [-0.2, -0.15) is 11.8 Å². The zero-order valence-corrected chi connectivity index (χ0v) is 14.2. The van der Waals surface area contributed by atoms with E-state index in [2.05, 4.69) is 49.4 Å². The van der Waals surface area contributed by atoms with Crippen LogP contribution in [0.5, 0.6) is 0 Å². The van der Waals surface area contributed by atoms with Crippen molar-refractivity contribution >= 4 is 28.5 Å². The van der Waals surface area contributed by atoms with Crippen LogP contribution in [0, 0.1) is 0 Å². The van der Waals surface area contributed by atoms with Crippen molar-refractivity contribution in [3.05, 3.63) is 35.9 Å². The van der Waals surface area contributed by atoms with Gasteiger partial charge < -0.3 is 10.6 Å². The number of fused-ring (bicyclic) bond motifs is 1. The molecule has 2 atom stereocenters. The third-order valence-corrected chi connectivity index (χ3v) is 4.54. The minimum absolute atomic E-state index is 0.135. The van der Waals surface area contributed by atoms with Gasteiger partial charge in [0.05, 0.1) is 5.52 Å². The molecule has 114 valence electrons. The maximum absolute atomic E-state index is 6.02. The molecule has 0 fully saturated rings. The first-order chi connectivity index (χ1) is 10.0. The van der Waals surface area contributed by atoms with E-state index in [0.717, 1.165) is 23.5 Å². The average molecular weight is 303 g/mol. The number of anilines is 1. The molecule has 2 N–H and O–H groups in total. The van der Waals surface area contributed by atoms with Gasteiger partial charge in [-0.25, -0.2) is 4.98 Å². The van der Waals surface area contributed by atoms with E-state index >= 15 is 0 Å². The highest BCUT2D eigenvalue weighted by Crippen LogP contribution is 2.25. The Balaban J connectivity index is 2.47. The summed E-state index contributed by atoms with van der Waals surface area (Å²) in [5.41, 5.74) is 8.30. The van der Waals surface area contributed by atoms with Crippen molar-refractivity contribution in [2.24, 2.45) is 5.73 Å². The maximum atomic E-state index is 6.02. The first-order valence-electron chi connectivity index (χ1n) is 7.39. The predicted octanol–water partition coefficient (Wildman–Crippen LogP) is 3.31. The summed E-state index contributed by atoms with van der Waals surface area (Å²) in [6, 6.07) is 11.1. The molecule has 0 aliphatic rings. The van der Waals surface area contributed by atoms with Crippen LogP contribution in [0.15, 0.2) is 30.3 Å². The van der Waals surface area contributed by atoms with Crippen molar-refractivity contribution in [3.63, 3.8) is 0 Å². The monoisotopic (exact) mass is 303 g/mol. The van der Waals surface area contributed by atoms with Gasteiger partial charge in [0.2, 0.25) is 0 Å². The summed E-state index contributed by atoms with van der Waals surface area (Å²) in [7, 11) is 2.13. The highest BCUT2D eigenvalue weighted by molar-refractivity contribution is 7.98. The van der Waals surface area contributed by atoms with Gasteiger partial charge in [0.15, 0.2) is 0 Å². The number of benzene rings is 1. The Labute approximate surface area is 131 Å². The number of thioether (sulfide) groups is 1. The van der Waals surface area contributed by atoms with E-state index in [1.54, 1.807) is 0 Å². The number of para-hydroxylation sites is 1. The standard InChI is InChI=1S/C17H25N3S/c1-12(18)9-15-10-14-7-5-6-8-16(14)19-17(15)20(3)13(2)11-21-4/h5-8,10,12-13H,9,11,18H2,1-4H3. The fraction of sp³-hybridized carbons (Fsp3) is 0.471. The van der Waals surface area contributed by atoms with E-state index in [1.807, 2.05) is 24.8 Å². The van der Waals surface area contributed by atoms with Crippen molar-refractivity contribution in [2.75, 3.05) is 24.0 Å². The van der Waals surface area contributed by atoms with E-state index in [-0.39, 0.29) is 6.04 Å². The van der Waals surface area contributed by atoms with Crippen molar-refractivity contribution in [3.8, 4) is 0 Å². The molecular weight excluding hydrogens is 278 g/mol. The molecule has 0 spiro atoms. The van der Waals surface area contributed by atoms with Crippen LogP contribution in [-0.4, -0.2) is 36.1 Å². The molecule has 0 amide bonds. The van der Waals surface area contributed by atoms with E-state index < -0.39 is 0 Å². The lowest BCUT2D eigenvalue weighted by Gasteiger charge is -2.28. The molecule has 1 heterocycles. The zero-order valence-electron chi connectivity index (χ0n) is 13.3. The molecule has 4 heteroatoms. The van der Waals surface area contributed by atoms with Gasteiger partial charge >= 0.3 is 0 Å². The topological polar surface area (TPSA) is 42.2 Å². The fourth-order valence-corrected chi connectivity index (χ4v) is 3.22. The van der Waals surface area contributed by atoms with Crippen LogP contribution in [0.1, 0.15) is 19.4 Å². The van der Waals surface area contributed by atoms with Crippen LogP contribution < -0.4 is 10.6 Å². The molecule has 0 saturated heterocycles. The van der Waals surface area contributed by atoms with Crippen LogP contribution >= 0.6 is 11.8 Å². The lowest BCUT2D eigenvalue weighted by Crippen LogP contribution is -2.33. The van der Waals surface area contributed by atoms with Crippen LogP contribution in [0.3, 0.4) is 0 Å². The number of hydrogen-bond acceptors (Lipinski definition) is 4. The van der Waals surface area contributed by atoms with Gasteiger partial charge in [-0.1, -0.05) is 18.2 Å². The Morgan fingerprint density at radius 1 is 1.29 bits per heavy atom. The van der Waals surface area contributed by atoms with Crippen molar-refractivity contribution < 1.29 is 0 Å². The van der Waals surface area contributed by atoms with E-state index in [4.69, 9.17) is 10.7 Å². The number of hydrogen-bond donors (Lipinski definition) is 1. The molecule has 0 aliphatic carbocycles. The molecule has 2 rings (SSSR count). The van der Waals surface area contributed by atoms with Gasteiger partial charge in [0.25, 0.3) is 0 Å². The summed E-state index contributed by atoms with van der Waals surface area (Å²) in [6.07, 6.45) is 2.99. The summed E-state index contributed by atoms with van der Waals surface area (Å²) in [5, 5.41) is 1.18. The molecule has 0 aliphatic heterocycles. The third-order valence-electron chi connectivity index (χ3n) is 3.73. The Hall–Kier alpha value is -1.26. The summed E-state index contributed by atoms with van der Waals surface area (Å²) >= 11 is 1.86.